The molecule has 0 aromatic heterocycles. The summed E-state index contributed by atoms with van der Waals surface area (Å²) in [6, 6.07) is 6.21. The summed E-state index contributed by atoms with van der Waals surface area (Å²) < 4.78 is 17.1. The molecule has 0 saturated heterocycles. The van der Waals surface area contributed by atoms with Crippen molar-refractivity contribution >= 4 is 17.7 Å². The first-order chi connectivity index (χ1) is 17.4. The van der Waals surface area contributed by atoms with Crippen LogP contribution in [0.25, 0.3) is 0 Å². The van der Waals surface area contributed by atoms with Gasteiger partial charge in [0.25, 0.3) is 5.91 Å². The quantitative estimate of drug-likeness (QED) is 0.504. The molecule has 0 aliphatic carbocycles. The first-order valence-corrected chi connectivity index (χ1v) is 12.9. The minimum Gasteiger partial charge on any atom is -0.439 e. The van der Waals surface area contributed by atoms with Crippen LogP contribution in [0.2, 0.25) is 0 Å². The maximum Gasteiger partial charge on any atom is 0.405 e. The Morgan fingerprint density at radius 3 is 2.38 bits per heavy atom. The van der Waals surface area contributed by atoms with Crippen molar-refractivity contribution in [2.75, 3.05) is 19.5 Å². The Morgan fingerprint density at radius 2 is 1.76 bits per heavy atom. The van der Waals surface area contributed by atoms with E-state index in [9.17, 15) is 9.59 Å². The minimum atomic E-state index is -0.882. The summed E-state index contributed by atoms with van der Waals surface area (Å²) in [6.45, 7) is 12.3. The molecule has 1 aliphatic rings. The molecule has 204 valence electrons. The second-order valence-electron chi connectivity index (χ2n) is 10.4. The van der Waals surface area contributed by atoms with Crippen LogP contribution < -0.4 is 11.1 Å². The molecule has 1 heterocycles. The highest BCUT2D eigenvalue weighted by Gasteiger charge is 2.28. The van der Waals surface area contributed by atoms with Crippen LogP contribution in [0.1, 0.15) is 52.2 Å². The number of carbonyl (C=O) groups excluding carboxylic acids is 2. The van der Waals surface area contributed by atoms with Gasteiger partial charge in [0.1, 0.15) is 6.10 Å². The number of aryl methyl sites for hydroxylation is 1. The molecule has 2 bridgehead atoms. The van der Waals surface area contributed by atoms with Crippen molar-refractivity contribution in [2.45, 2.75) is 72.7 Å². The van der Waals surface area contributed by atoms with E-state index >= 15 is 0 Å². The number of ether oxygens (including phenoxy) is 3. The van der Waals surface area contributed by atoms with Gasteiger partial charge in [-0.25, -0.2) is 4.79 Å². The Labute approximate surface area is 222 Å². The van der Waals surface area contributed by atoms with Gasteiger partial charge in [-0.05, 0) is 74.3 Å². The van der Waals surface area contributed by atoms with Crippen molar-refractivity contribution in [2.24, 2.45) is 23.5 Å². The van der Waals surface area contributed by atoms with Gasteiger partial charge in [-0.15, -0.1) is 0 Å². The van der Waals surface area contributed by atoms with E-state index in [1.54, 1.807) is 39.4 Å². The number of fused-ring (bicyclic) bond motifs is 2. The van der Waals surface area contributed by atoms with Gasteiger partial charge in [0, 0.05) is 31.4 Å². The molecule has 1 aromatic rings. The summed E-state index contributed by atoms with van der Waals surface area (Å²) in [5, 5.41) is 3.01. The lowest BCUT2D eigenvalue weighted by Crippen LogP contribution is -2.35. The fourth-order valence-corrected chi connectivity index (χ4v) is 5.34. The monoisotopic (exact) mass is 512 g/mol. The molecule has 0 spiro atoms. The lowest BCUT2D eigenvalue weighted by Gasteiger charge is -2.30. The number of anilines is 1. The Balaban J connectivity index is 2.53. The lowest BCUT2D eigenvalue weighted by atomic mass is 9.83. The Bertz CT molecular complexity index is 1030. The molecule has 0 saturated carbocycles. The minimum absolute atomic E-state index is 0.0248. The van der Waals surface area contributed by atoms with Crippen LogP contribution in [0, 0.1) is 24.7 Å². The van der Waals surface area contributed by atoms with Crippen molar-refractivity contribution in [1.29, 1.82) is 0 Å². The van der Waals surface area contributed by atoms with Crippen LogP contribution in [-0.4, -0.2) is 44.5 Å². The molecule has 0 radical (unpaired) electrons. The topological polar surface area (TPSA) is 99.9 Å². The molecule has 1 aromatic carbocycles. The van der Waals surface area contributed by atoms with Crippen molar-refractivity contribution in [3.63, 3.8) is 0 Å². The molecule has 2 amide bonds. The zero-order valence-corrected chi connectivity index (χ0v) is 23.5. The Kier molecular flexibility index (Phi) is 11.6. The summed E-state index contributed by atoms with van der Waals surface area (Å²) in [6.07, 6.45) is 6.91. The number of rotatable bonds is 3. The van der Waals surface area contributed by atoms with E-state index in [-0.39, 0.29) is 23.8 Å². The fourth-order valence-electron chi connectivity index (χ4n) is 5.34. The summed E-state index contributed by atoms with van der Waals surface area (Å²) in [7, 11) is 3.28. The van der Waals surface area contributed by atoms with Crippen LogP contribution >= 0.6 is 0 Å². The number of hydrogen-bond acceptors (Lipinski definition) is 5. The number of nitrogens with one attached hydrogen (secondary N) is 1. The number of carbonyl (C=O) groups is 2. The summed E-state index contributed by atoms with van der Waals surface area (Å²) in [5.74, 6) is 0.564. The first-order valence-electron chi connectivity index (χ1n) is 12.9. The molecule has 37 heavy (non-hydrogen) atoms. The van der Waals surface area contributed by atoms with Crippen LogP contribution in [0.15, 0.2) is 53.6 Å². The normalized spacial score (nSPS) is 31.8. The highest BCUT2D eigenvalue weighted by Crippen LogP contribution is 2.28. The number of amides is 2. The van der Waals surface area contributed by atoms with Crippen molar-refractivity contribution < 1.29 is 23.8 Å². The SMILES string of the molecule is CO[C@@H]1[C@@H](C)/C=C(\C)[C@H](OC(N)=O)[C@@H](OC)/C=C/C=C(\C)C(=O)Nc2cc(C)cc(c2)C[C@@H](C)C[C@@H]1C. The highest BCUT2D eigenvalue weighted by molar-refractivity contribution is 6.03. The van der Waals surface area contributed by atoms with Crippen LogP contribution in [0.4, 0.5) is 10.5 Å². The molecule has 0 unspecified atom stereocenters. The van der Waals surface area contributed by atoms with Crippen molar-refractivity contribution in [3.05, 3.63) is 64.8 Å². The molecule has 6 atom stereocenters. The third kappa shape index (κ3) is 9.17. The van der Waals surface area contributed by atoms with E-state index in [1.807, 2.05) is 19.9 Å². The average molecular weight is 513 g/mol. The molecule has 7 nitrogen and oxygen atoms in total. The van der Waals surface area contributed by atoms with Crippen molar-refractivity contribution in [1.82, 2.24) is 0 Å². The van der Waals surface area contributed by atoms with Gasteiger partial charge < -0.3 is 25.3 Å². The predicted molar refractivity (Wildman–Crippen MR) is 148 cm³/mol. The van der Waals surface area contributed by atoms with Gasteiger partial charge in [-0.3, -0.25) is 4.79 Å². The molecule has 7 heteroatoms. The predicted octanol–water partition coefficient (Wildman–Crippen LogP) is 5.73. The molecule has 2 rings (SSSR count). The third-order valence-corrected chi connectivity index (χ3v) is 6.90. The van der Waals surface area contributed by atoms with Gasteiger partial charge in [0.15, 0.2) is 6.10 Å². The van der Waals surface area contributed by atoms with E-state index in [4.69, 9.17) is 19.9 Å². The zero-order chi connectivity index (χ0) is 27.7. The molecule has 1 aliphatic heterocycles. The van der Waals surface area contributed by atoms with E-state index in [1.165, 1.54) is 5.56 Å². The zero-order valence-electron chi connectivity index (χ0n) is 23.5. The molecular weight excluding hydrogens is 468 g/mol. The second kappa shape index (κ2) is 14.1. The smallest absolute Gasteiger partial charge is 0.405 e. The van der Waals surface area contributed by atoms with Gasteiger partial charge >= 0.3 is 6.09 Å². The van der Waals surface area contributed by atoms with Gasteiger partial charge in [-0.1, -0.05) is 51.1 Å². The van der Waals surface area contributed by atoms with Gasteiger partial charge in [-0.2, -0.15) is 0 Å². The van der Waals surface area contributed by atoms with Crippen LogP contribution in [0.5, 0.6) is 0 Å². The number of allylic oxidation sites excluding steroid dienone is 2. The van der Waals surface area contributed by atoms with Crippen LogP contribution in [-0.2, 0) is 25.4 Å². The summed E-state index contributed by atoms with van der Waals surface area (Å²) in [5.41, 5.74) is 9.82. The maximum atomic E-state index is 12.8. The first kappa shape index (κ1) is 30.3. The third-order valence-electron chi connectivity index (χ3n) is 6.90. The van der Waals surface area contributed by atoms with E-state index in [2.05, 4.69) is 44.3 Å². The Hall–Kier alpha value is -2.90. The second-order valence-corrected chi connectivity index (χ2v) is 10.4. The number of methoxy groups -OCH3 is 2. The lowest BCUT2D eigenvalue weighted by molar-refractivity contribution is -0.112. The largest absolute Gasteiger partial charge is 0.439 e. The summed E-state index contributed by atoms with van der Waals surface area (Å²) in [4.78, 5) is 24.6. The number of benzene rings is 1. The standard InChI is InChI=1S/C30H44N2O5/c1-18-12-21(4)27(36-8)22(5)16-23(6)28(37-30(31)34)26(35-7)11-9-10-20(3)29(33)32-25-15-19(2)14-24(13-18)17-25/h9-11,14-18,21-22,26-28H,12-13H2,1-8H3,(H2,31,34)(H,32,33)/b11-9+,20-10+,23-16+/t18-,21-,22-,26-,27-,28-/m0/s1. The molecule has 3 N–H and O–H groups in total. The van der Waals surface area contributed by atoms with Crippen LogP contribution in [0.3, 0.4) is 0 Å². The highest BCUT2D eigenvalue weighted by atomic mass is 16.6. The number of primary amides is 1. The Morgan fingerprint density at radius 1 is 1.05 bits per heavy atom. The van der Waals surface area contributed by atoms with E-state index in [0.29, 0.717) is 11.5 Å². The summed E-state index contributed by atoms with van der Waals surface area (Å²) >= 11 is 0. The number of hydrogen-bond donors (Lipinski definition) is 2. The average Bonchev–Trinajstić information content (AvgIpc) is 2.79. The van der Waals surface area contributed by atoms with E-state index in [0.717, 1.165) is 29.7 Å². The van der Waals surface area contributed by atoms with E-state index < -0.39 is 18.3 Å². The molecular formula is C30H44N2O5. The fraction of sp³-hybridized carbons (Fsp3) is 0.533. The molecule has 0 fully saturated rings. The van der Waals surface area contributed by atoms with Gasteiger partial charge in [0.05, 0.1) is 6.10 Å². The maximum absolute atomic E-state index is 12.8. The van der Waals surface area contributed by atoms with Gasteiger partial charge in [0.2, 0.25) is 0 Å². The van der Waals surface area contributed by atoms with Crippen molar-refractivity contribution in [3.8, 4) is 0 Å². The number of nitrogens with two attached hydrogens (primary N) is 1.